The van der Waals surface area contributed by atoms with Crippen LogP contribution in [0.15, 0.2) is 42.5 Å². The summed E-state index contributed by atoms with van der Waals surface area (Å²) in [5.74, 6) is 0.337. The second kappa shape index (κ2) is 14.0. The SMILES string of the molecule is CCCNC(=O)C(CC)N(Cc1ccc(OC)cc1)C(=O)CCCN(c1ccc(C)c(C)c1)S(C)(=O)=O. The molecular formula is C28H41N3O5S. The number of sulfonamides is 1. The van der Waals surface area contributed by atoms with Gasteiger partial charge in [0.2, 0.25) is 21.8 Å². The van der Waals surface area contributed by atoms with E-state index in [1.54, 1.807) is 18.1 Å². The third-order valence-electron chi connectivity index (χ3n) is 6.38. The van der Waals surface area contributed by atoms with Crippen LogP contribution in [0.25, 0.3) is 0 Å². The van der Waals surface area contributed by atoms with E-state index in [2.05, 4.69) is 5.32 Å². The van der Waals surface area contributed by atoms with Crippen LogP contribution in [0.1, 0.15) is 56.2 Å². The predicted octanol–water partition coefficient (Wildman–Crippen LogP) is 4.19. The molecule has 0 aliphatic carbocycles. The molecule has 1 unspecified atom stereocenters. The summed E-state index contributed by atoms with van der Waals surface area (Å²) in [6.45, 7) is 8.75. The van der Waals surface area contributed by atoms with Crippen molar-refractivity contribution in [3.63, 3.8) is 0 Å². The number of ether oxygens (including phenoxy) is 1. The lowest BCUT2D eigenvalue weighted by molar-refractivity contribution is -0.141. The fraction of sp³-hybridized carbons (Fsp3) is 0.500. The van der Waals surface area contributed by atoms with Crippen LogP contribution in [0.3, 0.4) is 0 Å². The molecular weight excluding hydrogens is 490 g/mol. The van der Waals surface area contributed by atoms with E-state index in [1.165, 1.54) is 10.6 Å². The topological polar surface area (TPSA) is 96.0 Å². The molecule has 0 radical (unpaired) electrons. The number of nitrogens with one attached hydrogen (secondary N) is 1. The van der Waals surface area contributed by atoms with Crippen LogP contribution in [0, 0.1) is 13.8 Å². The van der Waals surface area contributed by atoms with E-state index in [4.69, 9.17) is 4.74 Å². The number of aryl methyl sites for hydroxylation is 2. The second-order valence-corrected chi connectivity index (χ2v) is 11.2. The largest absolute Gasteiger partial charge is 0.497 e. The highest BCUT2D eigenvalue weighted by Crippen LogP contribution is 2.23. The molecule has 0 heterocycles. The Morgan fingerprint density at radius 3 is 2.24 bits per heavy atom. The number of carbonyl (C=O) groups is 2. The zero-order valence-electron chi connectivity index (χ0n) is 22.9. The lowest BCUT2D eigenvalue weighted by Crippen LogP contribution is -2.49. The maximum absolute atomic E-state index is 13.5. The summed E-state index contributed by atoms with van der Waals surface area (Å²) in [4.78, 5) is 28.0. The zero-order valence-corrected chi connectivity index (χ0v) is 23.7. The van der Waals surface area contributed by atoms with Crippen molar-refractivity contribution in [1.29, 1.82) is 0 Å². The lowest BCUT2D eigenvalue weighted by atomic mass is 10.1. The zero-order chi connectivity index (χ0) is 27.6. The Labute approximate surface area is 222 Å². The van der Waals surface area contributed by atoms with Crippen molar-refractivity contribution in [2.45, 2.75) is 66.0 Å². The first kappa shape index (κ1) is 30.2. The van der Waals surface area contributed by atoms with Crippen molar-refractivity contribution in [3.05, 3.63) is 59.2 Å². The molecule has 2 amide bonds. The van der Waals surface area contributed by atoms with Crippen LogP contribution in [0.4, 0.5) is 5.69 Å². The van der Waals surface area contributed by atoms with E-state index < -0.39 is 16.1 Å². The van der Waals surface area contributed by atoms with Gasteiger partial charge in [-0.3, -0.25) is 13.9 Å². The number of hydrogen-bond donors (Lipinski definition) is 1. The third kappa shape index (κ3) is 8.77. The van der Waals surface area contributed by atoms with Crippen LogP contribution in [0.2, 0.25) is 0 Å². The molecule has 204 valence electrons. The molecule has 8 nitrogen and oxygen atoms in total. The number of nitrogens with zero attached hydrogens (tertiary/aromatic N) is 2. The van der Waals surface area contributed by atoms with E-state index in [0.29, 0.717) is 30.8 Å². The van der Waals surface area contributed by atoms with Crippen LogP contribution >= 0.6 is 0 Å². The van der Waals surface area contributed by atoms with Gasteiger partial charge < -0.3 is 15.0 Å². The second-order valence-electron chi connectivity index (χ2n) is 9.29. The number of methoxy groups -OCH3 is 1. The third-order valence-corrected chi connectivity index (χ3v) is 7.57. The summed E-state index contributed by atoms with van der Waals surface area (Å²) >= 11 is 0. The molecule has 9 heteroatoms. The van der Waals surface area contributed by atoms with Crippen molar-refractivity contribution >= 4 is 27.5 Å². The molecule has 0 saturated carbocycles. The van der Waals surface area contributed by atoms with Crippen molar-refractivity contribution in [1.82, 2.24) is 10.2 Å². The van der Waals surface area contributed by atoms with E-state index in [9.17, 15) is 18.0 Å². The first-order valence-electron chi connectivity index (χ1n) is 12.8. The highest BCUT2D eigenvalue weighted by molar-refractivity contribution is 7.92. The van der Waals surface area contributed by atoms with Crippen molar-refractivity contribution in [2.75, 3.05) is 30.8 Å². The summed E-state index contributed by atoms with van der Waals surface area (Å²) in [7, 11) is -1.94. The average Bonchev–Trinajstić information content (AvgIpc) is 2.86. The van der Waals surface area contributed by atoms with Gasteiger partial charge in [0.1, 0.15) is 11.8 Å². The molecule has 2 rings (SSSR count). The normalized spacial score (nSPS) is 12.1. The van der Waals surface area contributed by atoms with Gasteiger partial charge in [-0.2, -0.15) is 0 Å². The molecule has 0 fully saturated rings. The highest BCUT2D eigenvalue weighted by atomic mass is 32.2. The van der Waals surface area contributed by atoms with Gasteiger partial charge in [-0.15, -0.1) is 0 Å². The van der Waals surface area contributed by atoms with E-state index in [0.717, 1.165) is 23.1 Å². The minimum absolute atomic E-state index is 0.116. The Balaban J connectivity index is 2.22. The average molecular weight is 532 g/mol. The summed E-state index contributed by atoms with van der Waals surface area (Å²) in [6, 6.07) is 12.3. The van der Waals surface area contributed by atoms with Crippen LogP contribution in [0.5, 0.6) is 5.75 Å². The fourth-order valence-corrected chi connectivity index (χ4v) is 5.06. The predicted molar refractivity (Wildman–Crippen MR) is 148 cm³/mol. The Bertz CT molecular complexity index is 1150. The molecule has 0 aliphatic rings. The Hall–Kier alpha value is -3.07. The Morgan fingerprint density at radius 1 is 1.03 bits per heavy atom. The number of hydrogen-bond acceptors (Lipinski definition) is 5. The van der Waals surface area contributed by atoms with E-state index in [1.807, 2.05) is 64.1 Å². The first-order chi connectivity index (χ1) is 17.5. The number of carbonyl (C=O) groups excluding carboxylic acids is 2. The molecule has 37 heavy (non-hydrogen) atoms. The van der Waals surface area contributed by atoms with E-state index in [-0.39, 0.29) is 31.3 Å². The highest BCUT2D eigenvalue weighted by Gasteiger charge is 2.28. The maximum Gasteiger partial charge on any atom is 0.242 e. The molecule has 0 spiro atoms. The smallest absolute Gasteiger partial charge is 0.242 e. The van der Waals surface area contributed by atoms with Gasteiger partial charge in [0.05, 0.1) is 19.1 Å². The van der Waals surface area contributed by atoms with Gasteiger partial charge in [-0.05, 0) is 74.1 Å². The van der Waals surface area contributed by atoms with E-state index >= 15 is 0 Å². The van der Waals surface area contributed by atoms with Crippen molar-refractivity contribution in [2.24, 2.45) is 0 Å². The Kier molecular flexibility index (Phi) is 11.4. The number of amides is 2. The van der Waals surface area contributed by atoms with Crippen LogP contribution < -0.4 is 14.4 Å². The van der Waals surface area contributed by atoms with Crippen molar-refractivity contribution in [3.8, 4) is 5.75 Å². The lowest BCUT2D eigenvalue weighted by Gasteiger charge is -2.31. The summed E-state index contributed by atoms with van der Waals surface area (Å²) in [5, 5.41) is 2.91. The minimum Gasteiger partial charge on any atom is -0.497 e. The van der Waals surface area contributed by atoms with Gasteiger partial charge >= 0.3 is 0 Å². The van der Waals surface area contributed by atoms with Gasteiger partial charge in [0.15, 0.2) is 0 Å². The standard InChI is InChI=1S/C28H41N3O5S/c1-7-17-29-28(33)26(8-2)30(20-23-12-15-25(36-5)16-13-23)27(32)10-9-18-31(37(6,34)35)24-14-11-21(3)22(4)19-24/h11-16,19,26H,7-10,17-18,20H2,1-6H3,(H,29,33). The molecule has 0 saturated heterocycles. The number of rotatable bonds is 14. The first-order valence-corrected chi connectivity index (χ1v) is 14.6. The van der Waals surface area contributed by atoms with Crippen LogP contribution in [-0.2, 0) is 26.2 Å². The van der Waals surface area contributed by atoms with Gasteiger partial charge in [0, 0.05) is 26.1 Å². The molecule has 1 N–H and O–H groups in total. The number of benzene rings is 2. The Morgan fingerprint density at radius 2 is 1.70 bits per heavy atom. The molecule has 2 aromatic rings. The summed E-state index contributed by atoms with van der Waals surface area (Å²) in [5.41, 5.74) is 3.53. The monoisotopic (exact) mass is 531 g/mol. The van der Waals surface area contributed by atoms with Crippen molar-refractivity contribution < 1.29 is 22.7 Å². The van der Waals surface area contributed by atoms with Gasteiger partial charge in [-0.25, -0.2) is 8.42 Å². The van der Waals surface area contributed by atoms with Crippen LogP contribution in [-0.4, -0.2) is 57.6 Å². The summed E-state index contributed by atoms with van der Waals surface area (Å²) < 4.78 is 31.7. The molecule has 0 bridgehead atoms. The molecule has 0 aliphatic heterocycles. The summed E-state index contributed by atoms with van der Waals surface area (Å²) in [6.07, 6.45) is 2.88. The fourth-order valence-electron chi connectivity index (χ4n) is 4.10. The maximum atomic E-state index is 13.5. The van der Waals surface area contributed by atoms with Gasteiger partial charge in [-0.1, -0.05) is 32.0 Å². The van der Waals surface area contributed by atoms with Gasteiger partial charge in [0.25, 0.3) is 0 Å². The molecule has 1 atom stereocenters. The number of anilines is 1. The molecule has 2 aromatic carbocycles. The quantitative estimate of drug-likeness (QED) is 0.394. The minimum atomic E-state index is -3.53. The molecule has 0 aromatic heterocycles.